The van der Waals surface area contributed by atoms with Crippen molar-refractivity contribution in [2.24, 2.45) is 0 Å². The summed E-state index contributed by atoms with van der Waals surface area (Å²) in [5.41, 5.74) is -0.863. The van der Waals surface area contributed by atoms with Gasteiger partial charge in [0.05, 0.1) is 6.61 Å². The van der Waals surface area contributed by atoms with Crippen LogP contribution in [0, 0.1) is 0 Å². The van der Waals surface area contributed by atoms with Gasteiger partial charge in [0.2, 0.25) is 0 Å². The Labute approximate surface area is 98.0 Å². The van der Waals surface area contributed by atoms with Gasteiger partial charge in [-0.15, -0.1) is 0 Å². The van der Waals surface area contributed by atoms with Crippen LogP contribution in [-0.2, 0) is 15.5 Å². The fraction of sp³-hybridized carbons (Fsp3) is 0.429. The van der Waals surface area contributed by atoms with Crippen molar-refractivity contribution in [2.75, 3.05) is 6.61 Å². The van der Waals surface area contributed by atoms with Crippen LogP contribution in [-0.4, -0.2) is 17.6 Å². The molecule has 1 rings (SSSR count). The molecule has 0 aliphatic rings. The molecular weight excluding hydrogens is 271 g/mol. The molecule has 1 aromatic heterocycles. The van der Waals surface area contributed by atoms with E-state index in [0.29, 0.717) is 11.3 Å². The van der Waals surface area contributed by atoms with Crippen molar-refractivity contribution in [1.82, 2.24) is 4.98 Å². The van der Waals surface area contributed by atoms with E-state index in [-0.39, 0.29) is 15.4 Å². The van der Waals surface area contributed by atoms with E-state index in [1.165, 1.54) is 6.92 Å². The second kappa shape index (κ2) is 4.59. The Bertz CT molecular complexity index is 383. The Kier molecular flexibility index (Phi) is 3.86. The topological polar surface area (TPSA) is 39.2 Å². The predicted molar refractivity (Wildman–Crippen MR) is 52.7 cm³/mol. The Morgan fingerprint density at radius 1 is 1.60 bits per heavy atom. The van der Waals surface area contributed by atoms with Gasteiger partial charge < -0.3 is 4.74 Å². The van der Waals surface area contributed by atoms with Crippen molar-refractivity contribution in [3.05, 3.63) is 14.5 Å². The molecule has 1 aromatic rings. The molecule has 3 nitrogen and oxygen atoms in total. The molecule has 0 saturated heterocycles. The summed E-state index contributed by atoms with van der Waals surface area (Å²) in [4.78, 5) is 14.2. The van der Waals surface area contributed by atoms with E-state index in [2.05, 4.69) is 9.72 Å². The number of aromatic nitrogens is 1. The lowest BCUT2D eigenvalue weighted by atomic mass is 10.3. The van der Waals surface area contributed by atoms with E-state index in [9.17, 15) is 13.6 Å². The van der Waals surface area contributed by atoms with Gasteiger partial charge in [-0.05, 0) is 6.92 Å². The Hall–Kier alpha value is -0.460. The van der Waals surface area contributed by atoms with Crippen LogP contribution in [0.2, 0.25) is 8.80 Å². The molecule has 0 spiro atoms. The molecule has 0 atom stereocenters. The first kappa shape index (κ1) is 12.6. The van der Waals surface area contributed by atoms with E-state index in [1.807, 2.05) is 0 Å². The number of carbonyl (C=O) groups excluding carboxylic acids is 1. The fourth-order valence-corrected chi connectivity index (χ4v) is 2.16. The number of carbonyl (C=O) groups is 1. The Balaban J connectivity index is 3.04. The van der Waals surface area contributed by atoms with Crippen molar-refractivity contribution in [3.63, 3.8) is 0 Å². The zero-order chi connectivity index (χ0) is 11.6. The summed E-state index contributed by atoms with van der Waals surface area (Å²) < 4.78 is 30.4. The average Bonchev–Trinajstić information content (AvgIpc) is 2.46. The molecule has 8 heteroatoms. The first-order valence-electron chi connectivity index (χ1n) is 3.77. The van der Waals surface area contributed by atoms with Crippen molar-refractivity contribution in [3.8, 4) is 0 Å². The fourth-order valence-electron chi connectivity index (χ4n) is 0.789. The van der Waals surface area contributed by atoms with Crippen molar-refractivity contribution < 1.29 is 18.3 Å². The number of nitrogens with zero attached hydrogens (tertiary/aromatic N) is 1. The maximum atomic E-state index is 13.3. The highest BCUT2D eigenvalue weighted by Crippen LogP contribution is 2.38. The molecule has 15 heavy (non-hydrogen) atoms. The van der Waals surface area contributed by atoms with Crippen LogP contribution in [0.3, 0.4) is 0 Å². The number of rotatable bonds is 3. The normalized spacial score (nSPS) is 11.5. The average molecular weight is 276 g/mol. The number of hydrogen-bond donors (Lipinski definition) is 0. The summed E-state index contributed by atoms with van der Waals surface area (Å²) >= 11 is 11.5. The maximum absolute atomic E-state index is 13.3. The number of alkyl halides is 2. The van der Waals surface area contributed by atoms with Gasteiger partial charge in [0.15, 0.2) is 10.2 Å². The third-order valence-electron chi connectivity index (χ3n) is 1.39. The van der Waals surface area contributed by atoms with Crippen LogP contribution in [0.4, 0.5) is 8.78 Å². The van der Waals surface area contributed by atoms with Gasteiger partial charge in [-0.1, -0.05) is 34.5 Å². The minimum Gasteiger partial charge on any atom is -0.461 e. The van der Waals surface area contributed by atoms with Crippen LogP contribution in [0.1, 0.15) is 12.6 Å². The zero-order valence-corrected chi connectivity index (χ0v) is 9.72. The Morgan fingerprint density at radius 2 is 2.20 bits per heavy atom. The third-order valence-corrected chi connectivity index (χ3v) is 2.75. The van der Waals surface area contributed by atoms with Gasteiger partial charge in [0.25, 0.3) is 0 Å². The number of hydrogen-bond acceptors (Lipinski definition) is 4. The molecule has 0 N–H and O–H groups in total. The van der Waals surface area contributed by atoms with E-state index in [0.717, 1.165) is 0 Å². The lowest BCUT2D eigenvalue weighted by Crippen LogP contribution is -2.29. The summed E-state index contributed by atoms with van der Waals surface area (Å²) in [5.74, 6) is -5.55. The third kappa shape index (κ3) is 2.56. The summed E-state index contributed by atoms with van der Waals surface area (Å²) in [7, 11) is 0. The summed E-state index contributed by atoms with van der Waals surface area (Å²) in [5, 5.41) is 0. The minimum atomic E-state index is -3.86. The highest BCUT2D eigenvalue weighted by molar-refractivity contribution is 7.19. The van der Waals surface area contributed by atoms with Gasteiger partial charge in [0.1, 0.15) is 4.34 Å². The Morgan fingerprint density at radius 3 is 2.60 bits per heavy atom. The minimum absolute atomic E-state index is 0.149. The lowest BCUT2D eigenvalue weighted by molar-refractivity contribution is -0.173. The van der Waals surface area contributed by atoms with Gasteiger partial charge in [-0.25, -0.2) is 9.78 Å². The van der Waals surface area contributed by atoms with Crippen molar-refractivity contribution in [2.45, 2.75) is 12.8 Å². The lowest BCUT2D eigenvalue weighted by Gasteiger charge is -2.12. The zero-order valence-electron chi connectivity index (χ0n) is 7.39. The van der Waals surface area contributed by atoms with Gasteiger partial charge in [0, 0.05) is 0 Å². The molecule has 0 radical (unpaired) electrons. The molecular formula is C7H5Cl2F2NO2S. The second-order valence-electron chi connectivity index (χ2n) is 2.38. The molecule has 0 aliphatic heterocycles. The molecule has 0 fully saturated rings. The quantitative estimate of drug-likeness (QED) is 0.796. The number of ether oxygens (including phenoxy) is 1. The van der Waals surface area contributed by atoms with Crippen LogP contribution in [0.15, 0.2) is 0 Å². The first-order chi connectivity index (χ1) is 6.89. The predicted octanol–water partition coefficient (Wildman–Crippen LogP) is 3.10. The van der Waals surface area contributed by atoms with E-state index in [1.54, 1.807) is 0 Å². The smallest absolute Gasteiger partial charge is 0.386 e. The van der Waals surface area contributed by atoms with E-state index >= 15 is 0 Å². The SMILES string of the molecule is CCOC(=O)C(F)(F)c1nc(Cl)sc1Cl. The van der Waals surface area contributed by atoms with Crippen LogP contribution < -0.4 is 0 Å². The van der Waals surface area contributed by atoms with E-state index < -0.39 is 17.6 Å². The molecule has 1 heterocycles. The second-order valence-corrected chi connectivity index (χ2v) is 4.57. The maximum Gasteiger partial charge on any atom is 0.386 e. The molecule has 0 aromatic carbocycles. The molecule has 0 saturated carbocycles. The molecule has 0 aliphatic carbocycles. The van der Waals surface area contributed by atoms with Crippen molar-refractivity contribution >= 4 is 40.5 Å². The largest absolute Gasteiger partial charge is 0.461 e. The summed E-state index contributed by atoms with van der Waals surface area (Å²) in [6, 6.07) is 0. The van der Waals surface area contributed by atoms with E-state index in [4.69, 9.17) is 23.2 Å². The highest BCUT2D eigenvalue weighted by atomic mass is 35.5. The van der Waals surface area contributed by atoms with Crippen LogP contribution >= 0.6 is 34.5 Å². The van der Waals surface area contributed by atoms with Gasteiger partial charge in [-0.2, -0.15) is 8.78 Å². The highest BCUT2D eigenvalue weighted by Gasteiger charge is 2.47. The van der Waals surface area contributed by atoms with Gasteiger partial charge in [-0.3, -0.25) is 0 Å². The number of thiazole rings is 1. The number of halogens is 4. The summed E-state index contributed by atoms with van der Waals surface area (Å²) in [6.45, 7) is 1.27. The molecule has 84 valence electrons. The van der Waals surface area contributed by atoms with Crippen LogP contribution in [0.25, 0.3) is 0 Å². The number of esters is 1. The molecule has 0 bridgehead atoms. The molecule has 0 amide bonds. The van der Waals surface area contributed by atoms with Crippen molar-refractivity contribution in [1.29, 1.82) is 0 Å². The van der Waals surface area contributed by atoms with Crippen LogP contribution in [0.5, 0.6) is 0 Å². The standard InChI is InChI=1S/C7H5Cl2F2NO2S/c1-2-14-5(13)7(10,11)3-4(8)15-6(9)12-3/h2H2,1H3. The monoisotopic (exact) mass is 275 g/mol. The van der Waals surface area contributed by atoms with Gasteiger partial charge >= 0.3 is 11.9 Å². The summed E-state index contributed by atoms with van der Waals surface area (Å²) in [6.07, 6.45) is 0. The molecule has 0 unspecified atom stereocenters. The first-order valence-corrected chi connectivity index (χ1v) is 5.34.